The monoisotopic (exact) mass is 340 g/mol. The molecule has 2 aromatic carbocycles. The summed E-state index contributed by atoms with van der Waals surface area (Å²) in [5.74, 6) is 0.0111. The average Bonchev–Trinajstić information content (AvgIpc) is 2.91. The molecule has 1 aliphatic carbocycles. The van der Waals surface area contributed by atoms with Gasteiger partial charge in [0.25, 0.3) is 0 Å². The molecule has 0 spiro atoms. The average molecular weight is 341 g/mol. The van der Waals surface area contributed by atoms with Gasteiger partial charge >= 0.3 is 0 Å². The van der Waals surface area contributed by atoms with Gasteiger partial charge in [-0.15, -0.1) is 0 Å². The molecule has 3 nitrogen and oxygen atoms in total. The van der Waals surface area contributed by atoms with Crippen molar-refractivity contribution in [3.05, 3.63) is 63.6 Å². The molecule has 1 aliphatic rings. The van der Waals surface area contributed by atoms with E-state index in [-0.39, 0.29) is 11.8 Å². The van der Waals surface area contributed by atoms with E-state index in [2.05, 4.69) is 39.4 Å². The Morgan fingerprint density at radius 2 is 1.86 bits per heavy atom. The first kappa shape index (κ1) is 13.8. The fourth-order valence-electron chi connectivity index (χ4n) is 2.64. The van der Waals surface area contributed by atoms with Crippen LogP contribution in [0.1, 0.15) is 16.7 Å². The maximum Gasteiger partial charge on any atom is 0.228 e. The molecule has 4 heteroatoms. The standard InChI is InChI=1S/C17H13BrN2O/c18-15-4-3-12-7-14(8-13(12)9-15)17(21)20-16-5-1-11(10-19)2-6-16/h1-6,9,14H,7-8H2,(H,20,21). The quantitative estimate of drug-likeness (QED) is 0.906. The number of nitrogens with zero attached hydrogens (tertiary/aromatic N) is 1. The van der Waals surface area contributed by atoms with Crippen LogP contribution in [0.25, 0.3) is 0 Å². The van der Waals surface area contributed by atoms with Crippen molar-refractivity contribution in [1.82, 2.24) is 0 Å². The highest BCUT2D eigenvalue weighted by atomic mass is 79.9. The molecule has 0 heterocycles. The lowest BCUT2D eigenvalue weighted by atomic mass is 10.1. The molecule has 2 aromatic rings. The second-order valence-corrected chi connectivity index (χ2v) is 6.11. The summed E-state index contributed by atoms with van der Waals surface area (Å²) < 4.78 is 1.05. The van der Waals surface area contributed by atoms with E-state index in [1.807, 2.05) is 6.07 Å². The van der Waals surface area contributed by atoms with Gasteiger partial charge in [-0.2, -0.15) is 5.26 Å². The molecule has 3 rings (SSSR count). The highest BCUT2D eigenvalue weighted by Crippen LogP contribution is 2.30. The summed E-state index contributed by atoms with van der Waals surface area (Å²) in [5, 5.41) is 11.7. The minimum Gasteiger partial charge on any atom is -0.326 e. The minimum absolute atomic E-state index is 0.0232. The predicted octanol–water partition coefficient (Wildman–Crippen LogP) is 3.67. The molecule has 0 radical (unpaired) electrons. The zero-order chi connectivity index (χ0) is 14.8. The fourth-order valence-corrected chi connectivity index (χ4v) is 3.05. The molecule has 104 valence electrons. The Kier molecular flexibility index (Phi) is 3.76. The van der Waals surface area contributed by atoms with E-state index in [1.165, 1.54) is 11.1 Å². The number of carbonyl (C=O) groups is 1. The number of nitrogens with one attached hydrogen (secondary N) is 1. The third-order valence-electron chi connectivity index (χ3n) is 3.75. The maximum atomic E-state index is 12.3. The minimum atomic E-state index is -0.0232. The van der Waals surface area contributed by atoms with Gasteiger partial charge < -0.3 is 5.32 Å². The normalized spacial score (nSPS) is 16.1. The number of nitriles is 1. The zero-order valence-corrected chi connectivity index (χ0v) is 12.9. The van der Waals surface area contributed by atoms with Gasteiger partial charge in [0.15, 0.2) is 0 Å². The van der Waals surface area contributed by atoms with Crippen molar-refractivity contribution >= 4 is 27.5 Å². The molecule has 1 amide bonds. The van der Waals surface area contributed by atoms with Crippen LogP contribution >= 0.6 is 15.9 Å². The number of halogens is 1. The second-order valence-electron chi connectivity index (χ2n) is 5.20. The Morgan fingerprint density at radius 1 is 1.14 bits per heavy atom. The molecule has 1 unspecified atom stereocenters. The van der Waals surface area contributed by atoms with E-state index in [4.69, 9.17) is 5.26 Å². The zero-order valence-electron chi connectivity index (χ0n) is 11.3. The largest absolute Gasteiger partial charge is 0.326 e. The Labute approximate surface area is 131 Å². The summed E-state index contributed by atoms with van der Waals surface area (Å²) in [6.07, 6.45) is 1.56. The van der Waals surface area contributed by atoms with Crippen LogP contribution < -0.4 is 5.32 Å². The van der Waals surface area contributed by atoms with Crippen LogP contribution in [0, 0.1) is 17.2 Å². The van der Waals surface area contributed by atoms with Crippen LogP contribution in [0.5, 0.6) is 0 Å². The SMILES string of the molecule is N#Cc1ccc(NC(=O)C2Cc3ccc(Br)cc3C2)cc1. The van der Waals surface area contributed by atoms with Crippen molar-refractivity contribution in [2.24, 2.45) is 5.92 Å². The summed E-state index contributed by atoms with van der Waals surface area (Å²) >= 11 is 3.46. The van der Waals surface area contributed by atoms with Crippen molar-refractivity contribution in [2.75, 3.05) is 5.32 Å². The smallest absolute Gasteiger partial charge is 0.228 e. The van der Waals surface area contributed by atoms with E-state index in [1.54, 1.807) is 24.3 Å². The van der Waals surface area contributed by atoms with Gasteiger partial charge in [0, 0.05) is 16.1 Å². The molecule has 0 aliphatic heterocycles. The molecule has 0 bridgehead atoms. The number of fused-ring (bicyclic) bond motifs is 1. The second kappa shape index (κ2) is 5.71. The van der Waals surface area contributed by atoms with Crippen LogP contribution in [-0.4, -0.2) is 5.91 Å². The first-order valence-corrected chi connectivity index (χ1v) is 7.53. The summed E-state index contributed by atoms with van der Waals surface area (Å²) in [6, 6.07) is 15.2. The van der Waals surface area contributed by atoms with Gasteiger partial charge in [-0.1, -0.05) is 22.0 Å². The molecule has 0 fully saturated rings. The lowest BCUT2D eigenvalue weighted by Gasteiger charge is -2.10. The predicted molar refractivity (Wildman–Crippen MR) is 84.8 cm³/mol. The van der Waals surface area contributed by atoms with Gasteiger partial charge in [0.1, 0.15) is 0 Å². The van der Waals surface area contributed by atoms with Crippen molar-refractivity contribution in [2.45, 2.75) is 12.8 Å². The fraction of sp³-hybridized carbons (Fsp3) is 0.176. The topological polar surface area (TPSA) is 52.9 Å². The van der Waals surface area contributed by atoms with Gasteiger partial charge in [-0.25, -0.2) is 0 Å². The molecule has 0 saturated carbocycles. The van der Waals surface area contributed by atoms with Crippen LogP contribution in [0.15, 0.2) is 46.9 Å². The number of amides is 1. The Morgan fingerprint density at radius 3 is 2.57 bits per heavy atom. The van der Waals surface area contributed by atoms with E-state index >= 15 is 0 Å². The summed E-state index contributed by atoms with van der Waals surface area (Å²) in [5.41, 5.74) is 3.81. The van der Waals surface area contributed by atoms with Crippen LogP contribution in [0.4, 0.5) is 5.69 Å². The molecular weight excluding hydrogens is 328 g/mol. The first-order valence-electron chi connectivity index (χ1n) is 6.74. The van der Waals surface area contributed by atoms with Gasteiger partial charge in [-0.05, 0) is 60.4 Å². The highest BCUT2D eigenvalue weighted by molar-refractivity contribution is 9.10. The molecular formula is C17H13BrN2O. The number of hydrogen-bond donors (Lipinski definition) is 1. The first-order chi connectivity index (χ1) is 10.2. The van der Waals surface area contributed by atoms with E-state index in [9.17, 15) is 4.79 Å². The molecule has 21 heavy (non-hydrogen) atoms. The number of anilines is 1. The molecule has 1 atom stereocenters. The number of carbonyl (C=O) groups excluding carboxylic acids is 1. The van der Waals surface area contributed by atoms with E-state index in [0.29, 0.717) is 5.56 Å². The number of hydrogen-bond acceptors (Lipinski definition) is 2. The molecule has 1 N–H and O–H groups in total. The third-order valence-corrected chi connectivity index (χ3v) is 4.25. The maximum absolute atomic E-state index is 12.3. The van der Waals surface area contributed by atoms with E-state index in [0.717, 1.165) is 23.0 Å². The Balaban J connectivity index is 1.68. The van der Waals surface area contributed by atoms with Crippen molar-refractivity contribution in [3.63, 3.8) is 0 Å². The summed E-state index contributed by atoms with van der Waals surface area (Å²) in [7, 11) is 0. The third kappa shape index (κ3) is 2.98. The Hall–Kier alpha value is -2.12. The van der Waals surface area contributed by atoms with Crippen LogP contribution in [0.2, 0.25) is 0 Å². The van der Waals surface area contributed by atoms with Crippen LogP contribution in [0.3, 0.4) is 0 Å². The molecule has 0 saturated heterocycles. The van der Waals surface area contributed by atoms with Crippen molar-refractivity contribution in [3.8, 4) is 6.07 Å². The number of benzene rings is 2. The lowest BCUT2D eigenvalue weighted by Crippen LogP contribution is -2.23. The number of rotatable bonds is 2. The van der Waals surface area contributed by atoms with Crippen molar-refractivity contribution < 1.29 is 4.79 Å². The highest BCUT2D eigenvalue weighted by Gasteiger charge is 2.27. The van der Waals surface area contributed by atoms with Crippen LogP contribution in [-0.2, 0) is 17.6 Å². The van der Waals surface area contributed by atoms with Gasteiger partial charge in [-0.3, -0.25) is 4.79 Å². The lowest BCUT2D eigenvalue weighted by molar-refractivity contribution is -0.119. The molecule has 0 aromatic heterocycles. The Bertz CT molecular complexity index is 731. The summed E-state index contributed by atoms with van der Waals surface area (Å²) in [4.78, 5) is 12.3. The van der Waals surface area contributed by atoms with Crippen molar-refractivity contribution in [1.29, 1.82) is 5.26 Å². The summed E-state index contributed by atoms with van der Waals surface area (Å²) in [6.45, 7) is 0. The van der Waals surface area contributed by atoms with E-state index < -0.39 is 0 Å². The van der Waals surface area contributed by atoms with Gasteiger partial charge in [0.2, 0.25) is 5.91 Å². The van der Waals surface area contributed by atoms with Gasteiger partial charge in [0.05, 0.1) is 11.6 Å².